The maximum atomic E-state index is 11.4. The van der Waals surface area contributed by atoms with Gasteiger partial charge in [0.25, 0.3) is 0 Å². The lowest BCUT2D eigenvalue weighted by Gasteiger charge is -2.23. The van der Waals surface area contributed by atoms with Gasteiger partial charge in [0.1, 0.15) is 0 Å². The molecule has 1 aromatic carbocycles. The summed E-state index contributed by atoms with van der Waals surface area (Å²) >= 11 is 0. The van der Waals surface area contributed by atoms with Crippen LogP contribution in [0.25, 0.3) is 11.0 Å². The Bertz CT molecular complexity index is 656. The van der Waals surface area contributed by atoms with Gasteiger partial charge in [-0.25, -0.2) is 4.98 Å². The zero-order valence-electron chi connectivity index (χ0n) is 13.6. The second-order valence-corrected chi connectivity index (χ2v) is 8.53. The fourth-order valence-corrected chi connectivity index (χ4v) is 3.50. The third-order valence-electron chi connectivity index (χ3n) is 3.37. The number of aldehydes is 1. The van der Waals surface area contributed by atoms with Crippen molar-refractivity contribution in [1.29, 1.82) is 0 Å². The van der Waals surface area contributed by atoms with E-state index in [1.807, 2.05) is 29.7 Å². The molecule has 2 aromatic rings. The van der Waals surface area contributed by atoms with E-state index in [9.17, 15) is 4.79 Å². The van der Waals surface area contributed by atoms with E-state index < -0.39 is 9.04 Å². The molecule has 1 radical (unpaired) electrons. The summed E-state index contributed by atoms with van der Waals surface area (Å²) in [5.41, 5.74) is 2.70. The number of rotatable bonds is 4. The molecule has 1 aromatic heterocycles. The molecule has 4 nitrogen and oxygen atoms in total. The summed E-state index contributed by atoms with van der Waals surface area (Å²) in [5.74, 6) is 0.468. The standard InChI is InChI=1S/C16H23N2O2Si/c1-11(20-21(5)6)12-8-7-9-13-15(12)17-14(10-19)18(13)16(2,3)4/h7-11H,1-6H3. The molecule has 1 heterocycles. The molecule has 0 aliphatic carbocycles. The van der Waals surface area contributed by atoms with E-state index in [4.69, 9.17) is 4.43 Å². The lowest BCUT2D eigenvalue weighted by molar-refractivity contribution is 0.110. The first-order valence-electron chi connectivity index (χ1n) is 7.19. The predicted octanol–water partition coefficient (Wildman–Crippen LogP) is 3.93. The summed E-state index contributed by atoms with van der Waals surface area (Å²) in [6.45, 7) is 12.5. The molecule has 0 saturated carbocycles. The summed E-state index contributed by atoms with van der Waals surface area (Å²) in [6, 6.07) is 6.06. The molecule has 1 atom stereocenters. The van der Waals surface area contributed by atoms with E-state index in [-0.39, 0.29) is 11.6 Å². The van der Waals surface area contributed by atoms with Gasteiger partial charge in [-0.3, -0.25) is 4.79 Å². The van der Waals surface area contributed by atoms with Crippen molar-refractivity contribution in [3.05, 3.63) is 29.6 Å². The highest BCUT2D eigenvalue weighted by molar-refractivity contribution is 6.48. The van der Waals surface area contributed by atoms with Gasteiger partial charge in [0.15, 0.2) is 12.1 Å². The fourth-order valence-electron chi connectivity index (χ4n) is 2.67. The van der Waals surface area contributed by atoms with Crippen LogP contribution in [-0.2, 0) is 9.96 Å². The molecule has 0 bridgehead atoms. The van der Waals surface area contributed by atoms with Crippen molar-refractivity contribution >= 4 is 26.4 Å². The fraction of sp³-hybridized carbons (Fsp3) is 0.500. The molecule has 0 fully saturated rings. The highest BCUT2D eigenvalue weighted by Gasteiger charge is 2.23. The van der Waals surface area contributed by atoms with E-state index in [1.54, 1.807) is 0 Å². The quantitative estimate of drug-likeness (QED) is 0.635. The van der Waals surface area contributed by atoms with Crippen LogP contribution in [0.5, 0.6) is 0 Å². The Morgan fingerprint density at radius 1 is 1.33 bits per heavy atom. The highest BCUT2D eigenvalue weighted by Crippen LogP contribution is 2.30. The van der Waals surface area contributed by atoms with Gasteiger partial charge in [-0.15, -0.1) is 0 Å². The first kappa shape index (κ1) is 15.9. The second-order valence-electron chi connectivity index (χ2n) is 6.48. The number of hydrogen-bond donors (Lipinski definition) is 0. The molecular formula is C16H23N2O2Si. The molecule has 0 saturated heterocycles. The van der Waals surface area contributed by atoms with E-state index in [1.165, 1.54) is 0 Å². The number of hydrogen-bond acceptors (Lipinski definition) is 3. The van der Waals surface area contributed by atoms with Crippen LogP contribution in [0.15, 0.2) is 18.2 Å². The monoisotopic (exact) mass is 303 g/mol. The van der Waals surface area contributed by atoms with Gasteiger partial charge in [0.2, 0.25) is 9.04 Å². The van der Waals surface area contributed by atoms with Crippen LogP contribution >= 0.6 is 0 Å². The Labute approximate surface area is 127 Å². The molecule has 113 valence electrons. The molecule has 0 aliphatic heterocycles. The molecule has 0 spiro atoms. The van der Waals surface area contributed by atoms with Crippen LogP contribution < -0.4 is 0 Å². The van der Waals surface area contributed by atoms with E-state index in [2.05, 4.69) is 38.8 Å². The number of aromatic nitrogens is 2. The van der Waals surface area contributed by atoms with E-state index >= 15 is 0 Å². The Kier molecular flexibility index (Phi) is 4.34. The number of fused-ring (bicyclic) bond motifs is 1. The second kappa shape index (κ2) is 5.73. The van der Waals surface area contributed by atoms with E-state index in [0.29, 0.717) is 5.82 Å². The van der Waals surface area contributed by atoms with Crippen molar-refractivity contribution < 1.29 is 9.22 Å². The number of para-hydroxylation sites is 1. The summed E-state index contributed by atoms with van der Waals surface area (Å²) < 4.78 is 7.97. The summed E-state index contributed by atoms with van der Waals surface area (Å²) in [5, 5.41) is 0. The average molecular weight is 303 g/mol. The van der Waals surface area contributed by atoms with Crippen molar-refractivity contribution in [3.63, 3.8) is 0 Å². The molecular weight excluding hydrogens is 280 g/mol. The summed E-state index contributed by atoms with van der Waals surface area (Å²) in [4.78, 5) is 15.9. The largest absolute Gasteiger partial charge is 0.410 e. The Morgan fingerprint density at radius 3 is 2.52 bits per heavy atom. The minimum Gasteiger partial charge on any atom is -0.410 e. The summed E-state index contributed by atoms with van der Waals surface area (Å²) in [6.07, 6.45) is 0.815. The van der Waals surface area contributed by atoms with Crippen LogP contribution in [0.4, 0.5) is 0 Å². The molecule has 2 rings (SSSR count). The van der Waals surface area contributed by atoms with Crippen molar-refractivity contribution in [1.82, 2.24) is 9.55 Å². The topological polar surface area (TPSA) is 44.1 Å². The number of nitrogens with zero attached hydrogens (tertiary/aromatic N) is 2. The van der Waals surface area contributed by atoms with Gasteiger partial charge in [-0.1, -0.05) is 12.1 Å². The Balaban J connectivity index is 2.67. The first-order valence-corrected chi connectivity index (χ1v) is 9.60. The molecule has 0 N–H and O–H groups in total. The lowest BCUT2D eigenvalue weighted by atomic mass is 10.1. The minimum absolute atomic E-state index is 0.0135. The van der Waals surface area contributed by atoms with E-state index in [0.717, 1.165) is 22.9 Å². The molecule has 1 unspecified atom stereocenters. The average Bonchev–Trinajstić information content (AvgIpc) is 2.75. The Morgan fingerprint density at radius 2 is 2.00 bits per heavy atom. The van der Waals surface area contributed by atoms with Crippen LogP contribution in [0, 0.1) is 0 Å². The minimum atomic E-state index is -0.790. The predicted molar refractivity (Wildman–Crippen MR) is 87.1 cm³/mol. The van der Waals surface area contributed by atoms with Crippen LogP contribution in [0.1, 0.15) is 50.0 Å². The third-order valence-corrected chi connectivity index (χ3v) is 4.19. The van der Waals surface area contributed by atoms with Gasteiger partial charge in [0.05, 0.1) is 17.1 Å². The zero-order valence-corrected chi connectivity index (χ0v) is 14.6. The molecule has 5 heteroatoms. The van der Waals surface area contributed by atoms with Crippen LogP contribution in [0.2, 0.25) is 13.1 Å². The number of benzene rings is 1. The zero-order chi connectivity index (χ0) is 15.8. The van der Waals surface area contributed by atoms with Crippen molar-refractivity contribution in [3.8, 4) is 0 Å². The first-order chi connectivity index (χ1) is 9.75. The van der Waals surface area contributed by atoms with Gasteiger partial charge in [-0.05, 0) is 46.9 Å². The maximum Gasteiger partial charge on any atom is 0.205 e. The van der Waals surface area contributed by atoms with Crippen LogP contribution in [0.3, 0.4) is 0 Å². The van der Waals surface area contributed by atoms with Crippen molar-refractivity contribution in [2.45, 2.75) is 52.4 Å². The van der Waals surface area contributed by atoms with Crippen molar-refractivity contribution in [2.75, 3.05) is 0 Å². The van der Waals surface area contributed by atoms with Gasteiger partial charge < -0.3 is 8.99 Å². The SMILES string of the molecule is CC(O[Si](C)C)c1cccc2c1nc(C=O)n2C(C)(C)C. The number of imidazole rings is 1. The highest BCUT2D eigenvalue weighted by atomic mass is 28.3. The van der Waals surface area contributed by atoms with Gasteiger partial charge in [-0.2, -0.15) is 0 Å². The Hall–Kier alpha value is -1.46. The molecule has 21 heavy (non-hydrogen) atoms. The lowest BCUT2D eigenvalue weighted by Crippen LogP contribution is -2.23. The normalized spacial score (nSPS) is 13.9. The summed E-state index contributed by atoms with van der Waals surface area (Å²) in [7, 11) is -0.790. The molecule has 0 aliphatic rings. The molecule has 0 amide bonds. The van der Waals surface area contributed by atoms with Crippen molar-refractivity contribution in [2.24, 2.45) is 0 Å². The number of carbonyl (C=O) groups is 1. The maximum absolute atomic E-state index is 11.4. The van der Waals surface area contributed by atoms with Gasteiger partial charge in [0, 0.05) is 11.1 Å². The number of carbonyl (C=O) groups excluding carboxylic acids is 1. The third kappa shape index (κ3) is 3.08. The van der Waals surface area contributed by atoms with Gasteiger partial charge >= 0.3 is 0 Å². The smallest absolute Gasteiger partial charge is 0.205 e. The van der Waals surface area contributed by atoms with Crippen LogP contribution in [-0.4, -0.2) is 24.9 Å².